The molecule has 0 aliphatic heterocycles. The van der Waals surface area contributed by atoms with Gasteiger partial charge in [-0.2, -0.15) is 0 Å². The fourth-order valence-electron chi connectivity index (χ4n) is 2.54. The van der Waals surface area contributed by atoms with Crippen LogP contribution in [-0.4, -0.2) is 25.0 Å². The molecule has 0 aliphatic carbocycles. The molecule has 3 rings (SSSR count). The van der Waals surface area contributed by atoms with Crippen LogP contribution in [0.1, 0.15) is 20.7 Å². The number of ether oxygens (including phenoxy) is 3. The van der Waals surface area contributed by atoms with Crippen molar-refractivity contribution in [2.75, 3.05) is 6.79 Å². The quantitative estimate of drug-likeness (QED) is 0.182. The molecule has 0 N–H and O–H groups in total. The second-order valence-corrected chi connectivity index (χ2v) is 6.11. The number of hydrogen-bond donors (Lipinski definition) is 0. The van der Waals surface area contributed by atoms with Crippen LogP contribution in [0, 0.1) is 0 Å². The molecule has 0 aliphatic rings. The minimum Gasteiger partial charge on any atom is -0.457 e. The number of rotatable bonds is 8. The zero-order valence-electron chi connectivity index (χ0n) is 15.9. The Morgan fingerprint density at radius 3 is 1.93 bits per heavy atom. The second-order valence-electron chi connectivity index (χ2n) is 6.11. The Kier molecular flexibility index (Phi) is 6.74. The Balaban J connectivity index is 1.58. The molecule has 3 aromatic rings. The standard InChI is InChI=1S/C24H18O6/c1-2-23(26)29-16-28-21-11-9-20(10-12-21)24(27)30-22-13-7-19(8-14-22)18-5-3-17(15-25)4-6-18/h2-15H,1,16H2. The molecule has 0 bridgehead atoms. The highest BCUT2D eigenvalue weighted by molar-refractivity contribution is 5.91. The Hall–Kier alpha value is -4.19. The highest BCUT2D eigenvalue weighted by Gasteiger charge is 2.09. The highest BCUT2D eigenvalue weighted by atomic mass is 16.7. The van der Waals surface area contributed by atoms with Crippen molar-refractivity contribution in [1.82, 2.24) is 0 Å². The van der Waals surface area contributed by atoms with E-state index in [-0.39, 0.29) is 6.79 Å². The van der Waals surface area contributed by atoms with E-state index in [0.29, 0.717) is 22.6 Å². The van der Waals surface area contributed by atoms with Gasteiger partial charge in [-0.3, -0.25) is 4.79 Å². The summed E-state index contributed by atoms with van der Waals surface area (Å²) in [5.41, 5.74) is 2.84. The van der Waals surface area contributed by atoms with Gasteiger partial charge in [0.1, 0.15) is 17.8 Å². The zero-order chi connectivity index (χ0) is 21.3. The first-order valence-electron chi connectivity index (χ1n) is 8.99. The van der Waals surface area contributed by atoms with Gasteiger partial charge in [-0.05, 0) is 47.5 Å². The molecule has 0 saturated carbocycles. The maximum Gasteiger partial charge on any atom is 0.343 e. The summed E-state index contributed by atoms with van der Waals surface area (Å²) in [7, 11) is 0. The molecule has 3 aromatic carbocycles. The summed E-state index contributed by atoms with van der Waals surface area (Å²) >= 11 is 0. The minimum atomic E-state index is -0.584. The van der Waals surface area contributed by atoms with E-state index in [9.17, 15) is 14.4 Å². The van der Waals surface area contributed by atoms with Crippen LogP contribution in [0.4, 0.5) is 0 Å². The maximum absolute atomic E-state index is 12.3. The monoisotopic (exact) mass is 402 g/mol. The predicted molar refractivity (Wildman–Crippen MR) is 110 cm³/mol. The minimum absolute atomic E-state index is 0.251. The van der Waals surface area contributed by atoms with E-state index < -0.39 is 11.9 Å². The number of carbonyl (C=O) groups excluding carboxylic acids is 3. The molecule has 0 spiro atoms. The first-order valence-corrected chi connectivity index (χ1v) is 8.99. The molecular formula is C24H18O6. The van der Waals surface area contributed by atoms with Crippen molar-refractivity contribution in [2.45, 2.75) is 0 Å². The molecule has 6 heteroatoms. The molecule has 0 saturated heterocycles. The average molecular weight is 402 g/mol. The van der Waals surface area contributed by atoms with Gasteiger partial charge in [-0.25, -0.2) is 9.59 Å². The van der Waals surface area contributed by atoms with Crippen molar-refractivity contribution >= 4 is 18.2 Å². The van der Waals surface area contributed by atoms with Gasteiger partial charge >= 0.3 is 11.9 Å². The van der Waals surface area contributed by atoms with Crippen LogP contribution >= 0.6 is 0 Å². The van der Waals surface area contributed by atoms with Crippen LogP contribution < -0.4 is 9.47 Å². The number of esters is 2. The third-order valence-corrected chi connectivity index (χ3v) is 4.13. The molecule has 0 radical (unpaired) electrons. The molecular weight excluding hydrogens is 384 g/mol. The van der Waals surface area contributed by atoms with Gasteiger partial charge in [-0.15, -0.1) is 0 Å². The predicted octanol–water partition coefficient (Wildman–Crippen LogP) is 4.45. The van der Waals surface area contributed by atoms with Crippen molar-refractivity contribution in [2.24, 2.45) is 0 Å². The van der Waals surface area contributed by atoms with E-state index in [2.05, 4.69) is 6.58 Å². The second kappa shape index (κ2) is 9.84. The summed E-state index contributed by atoms with van der Waals surface area (Å²) in [5.74, 6) is -0.250. The Labute approximate surface area is 173 Å². The third-order valence-electron chi connectivity index (χ3n) is 4.13. The van der Waals surface area contributed by atoms with Crippen LogP contribution in [0.3, 0.4) is 0 Å². The summed E-state index contributed by atoms with van der Waals surface area (Å²) in [6, 6.07) is 20.5. The number of hydrogen-bond acceptors (Lipinski definition) is 6. The fraction of sp³-hybridized carbons (Fsp3) is 0.0417. The van der Waals surface area contributed by atoms with Crippen LogP contribution in [0.15, 0.2) is 85.5 Å². The summed E-state index contributed by atoms with van der Waals surface area (Å²) in [6.07, 6.45) is 1.83. The van der Waals surface area contributed by atoms with Crippen molar-refractivity contribution < 1.29 is 28.6 Å². The molecule has 0 atom stereocenters. The topological polar surface area (TPSA) is 78.9 Å². The van der Waals surface area contributed by atoms with E-state index >= 15 is 0 Å². The van der Waals surface area contributed by atoms with E-state index in [1.165, 1.54) is 0 Å². The van der Waals surface area contributed by atoms with Gasteiger partial charge in [0.25, 0.3) is 0 Å². The lowest BCUT2D eigenvalue weighted by atomic mass is 10.0. The van der Waals surface area contributed by atoms with Crippen molar-refractivity contribution in [1.29, 1.82) is 0 Å². The Morgan fingerprint density at radius 2 is 1.37 bits per heavy atom. The first kappa shape index (κ1) is 20.5. The lowest BCUT2D eigenvalue weighted by Crippen LogP contribution is -2.09. The lowest BCUT2D eigenvalue weighted by molar-refractivity contribution is -0.144. The fourth-order valence-corrected chi connectivity index (χ4v) is 2.54. The first-order chi connectivity index (χ1) is 14.6. The van der Waals surface area contributed by atoms with E-state index in [1.54, 1.807) is 48.5 Å². The highest BCUT2D eigenvalue weighted by Crippen LogP contribution is 2.23. The van der Waals surface area contributed by atoms with Crippen LogP contribution in [0.2, 0.25) is 0 Å². The van der Waals surface area contributed by atoms with Crippen LogP contribution in [0.5, 0.6) is 11.5 Å². The summed E-state index contributed by atoms with van der Waals surface area (Å²) in [4.78, 5) is 34.0. The average Bonchev–Trinajstić information content (AvgIpc) is 2.80. The number of aldehydes is 1. The van der Waals surface area contributed by atoms with E-state index in [0.717, 1.165) is 23.5 Å². The Bertz CT molecular complexity index is 1030. The van der Waals surface area contributed by atoms with Gasteiger partial charge in [0, 0.05) is 11.6 Å². The molecule has 0 unspecified atom stereocenters. The molecule has 150 valence electrons. The molecule has 0 heterocycles. The van der Waals surface area contributed by atoms with Gasteiger partial charge in [-0.1, -0.05) is 43.0 Å². The third kappa shape index (κ3) is 5.42. The molecule has 30 heavy (non-hydrogen) atoms. The molecule has 0 fully saturated rings. The zero-order valence-corrected chi connectivity index (χ0v) is 15.9. The van der Waals surface area contributed by atoms with Crippen molar-refractivity contribution in [3.63, 3.8) is 0 Å². The summed E-state index contributed by atoms with van der Waals surface area (Å²) in [5, 5.41) is 0. The largest absolute Gasteiger partial charge is 0.457 e. The van der Waals surface area contributed by atoms with Crippen LogP contribution in [-0.2, 0) is 9.53 Å². The molecule has 6 nitrogen and oxygen atoms in total. The van der Waals surface area contributed by atoms with Gasteiger partial charge in [0.05, 0.1) is 5.56 Å². The lowest BCUT2D eigenvalue weighted by Gasteiger charge is -2.08. The van der Waals surface area contributed by atoms with E-state index in [1.807, 2.05) is 24.3 Å². The Morgan fingerprint density at radius 1 is 0.800 bits per heavy atom. The summed E-state index contributed by atoms with van der Waals surface area (Å²) < 4.78 is 15.3. The van der Waals surface area contributed by atoms with Crippen LogP contribution in [0.25, 0.3) is 11.1 Å². The van der Waals surface area contributed by atoms with Crippen molar-refractivity contribution in [3.05, 3.63) is 96.6 Å². The molecule has 0 aromatic heterocycles. The van der Waals surface area contributed by atoms with E-state index in [4.69, 9.17) is 14.2 Å². The smallest absolute Gasteiger partial charge is 0.343 e. The van der Waals surface area contributed by atoms with Crippen molar-refractivity contribution in [3.8, 4) is 22.6 Å². The SMILES string of the molecule is C=CC(=O)OCOc1ccc(C(=O)Oc2ccc(-c3ccc(C=O)cc3)cc2)cc1. The molecule has 0 amide bonds. The number of benzene rings is 3. The normalized spacial score (nSPS) is 10.0. The summed E-state index contributed by atoms with van der Waals surface area (Å²) in [6.45, 7) is 3.03. The number of carbonyl (C=O) groups is 3. The van der Waals surface area contributed by atoms with Gasteiger partial charge < -0.3 is 14.2 Å². The van der Waals surface area contributed by atoms with Gasteiger partial charge in [0.2, 0.25) is 6.79 Å². The maximum atomic E-state index is 12.3. The van der Waals surface area contributed by atoms with Gasteiger partial charge in [0.15, 0.2) is 0 Å².